The second kappa shape index (κ2) is 4.78. The van der Waals surface area contributed by atoms with Gasteiger partial charge in [-0.15, -0.1) is 0 Å². The minimum absolute atomic E-state index is 0.0228. The van der Waals surface area contributed by atoms with Gasteiger partial charge in [0.1, 0.15) is 0 Å². The Morgan fingerprint density at radius 1 is 1.41 bits per heavy atom. The van der Waals surface area contributed by atoms with Gasteiger partial charge in [0.2, 0.25) is 0 Å². The van der Waals surface area contributed by atoms with Crippen molar-refractivity contribution >= 4 is 21.8 Å². The molecule has 0 spiro atoms. The number of aryl methyl sites for hydroxylation is 2. The largest absolute Gasteiger partial charge is 0.391 e. The van der Waals surface area contributed by atoms with Gasteiger partial charge in [0.15, 0.2) is 0 Å². The van der Waals surface area contributed by atoms with Gasteiger partial charge < -0.3 is 10.0 Å². The molecule has 0 radical (unpaired) electrons. The molecule has 4 heteroatoms. The van der Waals surface area contributed by atoms with E-state index in [1.54, 1.807) is 4.90 Å². The summed E-state index contributed by atoms with van der Waals surface area (Å²) in [7, 11) is 0. The summed E-state index contributed by atoms with van der Waals surface area (Å²) >= 11 is 3.46. The summed E-state index contributed by atoms with van der Waals surface area (Å²) in [5.74, 6) is 0.0228. The lowest BCUT2D eigenvalue weighted by Crippen LogP contribution is -2.30. The Morgan fingerprint density at radius 3 is 2.71 bits per heavy atom. The highest BCUT2D eigenvalue weighted by molar-refractivity contribution is 9.10. The summed E-state index contributed by atoms with van der Waals surface area (Å²) in [6.45, 7) is 5.00. The minimum Gasteiger partial charge on any atom is -0.391 e. The molecule has 1 aliphatic heterocycles. The topological polar surface area (TPSA) is 40.5 Å². The van der Waals surface area contributed by atoms with E-state index in [1.165, 1.54) is 0 Å². The zero-order chi connectivity index (χ0) is 12.6. The molecule has 1 saturated heterocycles. The highest BCUT2D eigenvalue weighted by Gasteiger charge is 2.26. The van der Waals surface area contributed by atoms with E-state index in [0.29, 0.717) is 19.5 Å². The molecule has 1 aromatic rings. The Hall–Kier alpha value is -0.870. The summed E-state index contributed by atoms with van der Waals surface area (Å²) in [6, 6.07) is 3.88. The van der Waals surface area contributed by atoms with Crippen LogP contribution in [0, 0.1) is 13.8 Å². The third-order valence-corrected chi connectivity index (χ3v) is 4.04. The second-order valence-electron chi connectivity index (χ2n) is 4.61. The van der Waals surface area contributed by atoms with Crippen molar-refractivity contribution in [2.45, 2.75) is 26.4 Å². The number of carbonyl (C=O) groups is 1. The van der Waals surface area contributed by atoms with Gasteiger partial charge in [0.25, 0.3) is 5.91 Å². The second-order valence-corrected chi connectivity index (χ2v) is 5.46. The molecule has 1 aromatic carbocycles. The van der Waals surface area contributed by atoms with Gasteiger partial charge in [0, 0.05) is 23.1 Å². The number of hydrogen-bond acceptors (Lipinski definition) is 2. The first kappa shape index (κ1) is 12.6. The van der Waals surface area contributed by atoms with Gasteiger partial charge in [-0.05, 0) is 43.5 Å². The number of rotatable bonds is 1. The van der Waals surface area contributed by atoms with E-state index in [-0.39, 0.29) is 12.0 Å². The molecular weight excluding hydrogens is 282 g/mol. The standard InChI is InChI=1S/C13H16BrNO2/c1-8-6-12(14)9(2)5-11(8)13(17)15-4-3-10(16)7-15/h5-6,10,16H,3-4,7H2,1-2H3/t10-/m1/s1. The van der Waals surface area contributed by atoms with Crippen LogP contribution in [-0.2, 0) is 0 Å². The van der Waals surface area contributed by atoms with Crippen molar-refractivity contribution in [2.75, 3.05) is 13.1 Å². The van der Waals surface area contributed by atoms with Crippen molar-refractivity contribution in [1.82, 2.24) is 4.90 Å². The molecule has 0 aromatic heterocycles. The van der Waals surface area contributed by atoms with Gasteiger partial charge in [-0.3, -0.25) is 4.79 Å². The molecule has 1 aliphatic rings. The maximum Gasteiger partial charge on any atom is 0.254 e. The van der Waals surface area contributed by atoms with Crippen molar-refractivity contribution in [3.63, 3.8) is 0 Å². The van der Waals surface area contributed by atoms with Crippen LogP contribution < -0.4 is 0 Å². The normalized spacial score (nSPS) is 19.8. The molecule has 1 heterocycles. The van der Waals surface area contributed by atoms with Crippen LogP contribution in [0.15, 0.2) is 16.6 Å². The van der Waals surface area contributed by atoms with E-state index in [2.05, 4.69) is 15.9 Å². The molecule has 0 unspecified atom stereocenters. The highest BCUT2D eigenvalue weighted by atomic mass is 79.9. The Labute approximate surface area is 110 Å². The Morgan fingerprint density at radius 2 is 2.12 bits per heavy atom. The zero-order valence-corrected chi connectivity index (χ0v) is 11.6. The Bertz CT molecular complexity index is 459. The van der Waals surface area contributed by atoms with Crippen molar-refractivity contribution in [1.29, 1.82) is 0 Å². The average Bonchev–Trinajstić information content (AvgIpc) is 2.69. The number of amides is 1. The molecule has 1 fully saturated rings. The third-order valence-electron chi connectivity index (χ3n) is 3.19. The lowest BCUT2D eigenvalue weighted by Gasteiger charge is -2.17. The monoisotopic (exact) mass is 297 g/mol. The quantitative estimate of drug-likeness (QED) is 0.864. The Balaban J connectivity index is 2.28. The summed E-state index contributed by atoms with van der Waals surface area (Å²) in [5, 5.41) is 9.46. The van der Waals surface area contributed by atoms with Crippen molar-refractivity contribution in [2.24, 2.45) is 0 Å². The number of carbonyl (C=O) groups excluding carboxylic acids is 1. The van der Waals surface area contributed by atoms with Crippen LogP contribution in [0.3, 0.4) is 0 Å². The first-order chi connectivity index (χ1) is 7.99. The van der Waals surface area contributed by atoms with Gasteiger partial charge in [-0.25, -0.2) is 0 Å². The van der Waals surface area contributed by atoms with Crippen molar-refractivity contribution < 1.29 is 9.90 Å². The SMILES string of the molecule is Cc1cc(C(=O)N2CC[C@@H](O)C2)c(C)cc1Br. The maximum atomic E-state index is 12.3. The first-order valence-electron chi connectivity index (χ1n) is 5.73. The average molecular weight is 298 g/mol. The van der Waals surface area contributed by atoms with E-state index >= 15 is 0 Å². The molecule has 0 bridgehead atoms. The summed E-state index contributed by atoms with van der Waals surface area (Å²) in [6.07, 6.45) is 0.316. The molecule has 2 rings (SSSR count). The number of benzene rings is 1. The number of hydrogen-bond donors (Lipinski definition) is 1. The van der Waals surface area contributed by atoms with Gasteiger partial charge in [-0.2, -0.15) is 0 Å². The lowest BCUT2D eigenvalue weighted by atomic mass is 10.0. The van der Waals surface area contributed by atoms with Gasteiger partial charge >= 0.3 is 0 Å². The zero-order valence-electron chi connectivity index (χ0n) is 10.0. The van der Waals surface area contributed by atoms with Crippen LogP contribution in [0.25, 0.3) is 0 Å². The number of aliphatic hydroxyl groups is 1. The van der Waals surface area contributed by atoms with E-state index < -0.39 is 0 Å². The number of β-amino-alcohol motifs (C(OH)–C–C–N with tert-alkyl or cyclic N) is 1. The molecule has 0 saturated carbocycles. The lowest BCUT2D eigenvalue weighted by molar-refractivity contribution is 0.0764. The smallest absolute Gasteiger partial charge is 0.254 e. The number of aliphatic hydroxyl groups excluding tert-OH is 1. The van der Waals surface area contributed by atoms with Crippen molar-refractivity contribution in [3.05, 3.63) is 33.3 Å². The molecule has 0 aliphatic carbocycles. The number of nitrogens with zero attached hydrogens (tertiary/aromatic N) is 1. The Kier molecular flexibility index (Phi) is 3.54. The first-order valence-corrected chi connectivity index (χ1v) is 6.52. The molecule has 3 nitrogen and oxygen atoms in total. The molecule has 92 valence electrons. The summed E-state index contributed by atoms with van der Waals surface area (Å²) in [5.41, 5.74) is 2.76. The van der Waals surface area contributed by atoms with Crippen LogP contribution in [0.2, 0.25) is 0 Å². The van der Waals surface area contributed by atoms with Crippen LogP contribution in [0.4, 0.5) is 0 Å². The fourth-order valence-electron chi connectivity index (χ4n) is 2.11. The van der Waals surface area contributed by atoms with E-state index in [4.69, 9.17) is 0 Å². The molecular formula is C13H16BrNO2. The molecule has 1 amide bonds. The number of halogens is 1. The maximum absolute atomic E-state index is 12.3. The minimum atomic E-state index is -0.365. The fourth-order valence-corrected chi connectivity index (χ4v) is 2.57. The van der Waals surface area contributed by atoms with Gasteiger partial charge in [0.05, 0.1) is 6.10 Å². The van der Waals surface area contributed by atoms with E-state index in [0.717, 1.165) is 21.2 Å². The van der Waals surface area contributed by atoms with E-state index in [1.807, 2.05) is 26.0 Å². The third kappa shape index (κ3) is 2.53. The van der Waals surface area contributed by atoms with Crippen LogP contribution >= 0.6 is 15.9 Å². The molecule has 17 heavy (non-hydrogen) atoms. The van der Waals surface area contributed by atoms with Crippen LogP contribution in [0.5, 0.6) is 0 Å². The van der Waals surface area contributed by atoms with Crippen molar-refractivity contribution in [3.8, 4) is 0 Å². The fraction of sp³-hybridized carbons (Fsp3) is 0.462. The highest BCUT2D eigenvalue weighted by Crippen LogP contribution is 2.23. The summed E-state index contributed by atoms with van der Waals surface area (Å²) < 4.78 is 1.02. The van der Waals surface area contributed by atoms with Gasteiger partial charge in [-0.1, -0.05) is 15.9 Å². The molecule has 1 atom stereocenters. The predicted octanol–water partition coefficient (Wildman–Crippen LogP) is 2.27. The predicted molar refractivity (Wildman–Crippen MR) is 70.1 cm³/mol. The van der Waals surface area contributed by atoms with E-state index in [9.17, 15) is 9.90 Å². The van der Waals surface area contributed by atoms with Crippen LogP contribution in [-0.4, -0.2) is 35.1 Å². The molecule has 1 N–H and O–H groups in total. The number of likely N-dealkylation sites (tertiary alicyclic amines) is 1. The summed E-state index contributed by atoms with van der Waals surface area (Å²) in [4.78, 5) is 14.0. The van der Waals surface area contributed by atoms with Crippen LogP contribution in [0.1, 0.15) is 27.9 Å².